The average Bonchev–Trinajstić information content (AvgIpc) is 2.48. The molecule has 0 spiro atoms. The molecule has 0 heterocycles. The van der Waals surface area contributed by atoms with Crippen molar-refractivity contribution in [3.63, 3.8) is 0 Å². The molecule has 0 N–H and O–H groups in total. The van der Waals surface area contributed by atoms with E-state index in [1.807, 2.05) is 0 Å². The maximum absolute atomic E-state index is 6.94. The molecule has 0 aliphatic heterocycles. The van der Waals surface area contributed by atoms with Crippen LogP contribution in [0.1, 0.15) is 50.0 Å². The summed E-state index contributed by atoms with van der Waals surface area (Å²) in [4.78, 5) is 0. The van der Waals surface area contributed by atoms with Crippen LogP contribution in [0.3, 0.4) is 0 Å². The summed E-state index contributed by atoms with van der Waals surface area (Å²) in [5, 5.41) is 2.64. The fourth-order valence-corrected chi connectivity index (χ4v) is 4.38. The molecule has 3 rings (SSSR count). The van der Waals surface area contributed by atoms with E-state index in [2.05, 4.69) is 59.3 Å². The number of hydrogen-bond acceptors (Lipinski definition) is 0. The maximum atomic E-state index is 6.94. The number of rotatable bonds is 2. The van der Waals surface area contributed by atoms with Crippen molar-refractivity contribution in [2.75, 3.05) is 0 Å². The van der Waals surface area contributed by atoms with Crippen molar-refractivity contribution in [2.24, 2.45) is 5.41 Å². The highest BCUT2D eigenvalue weighted by Crippen LogP contribution is 2.50. The van der Waals surface area contributed by atoms with E-state index in [0.29, 0.717) is 0 Å². The lowest BCUT2D eigenvalue weighted by molar-refractivity contribution is 0.207. The summed E-state index contributed by atoms with van der Waals surface area (Å²) in [7, 11) is 0. The predicted octanol–water partition coefficient (Wildman–Crippen LogP) is 6.85. The molecule has 106 valence electrons. The topological polar surface area (TPSA) is 0 Å². The third kappa shape index (κ3) is 2.51. The molecular formula is C18H20BrCl. The zero-order chi connectivity index (χ0) is 14.2. The van der Waals surface area contributed by atoms with Gasteiger partial charge in [-0.2, -0.15) is 0 Å². The van der Waals surface area contributed by atoms with Gasteiger partial charge in [0.05, 0.1) is 5.38 Å². The summed E-state index contributed by atoms with van der Waals surface area (Å²) < 4.78 is 1.15. The molecule has 1 aliphatic carbocycles. The summed E-state index contributed by atoms with van der Waals surface area (Å²) in [6, 6.07) is 12.9. The van der Waals surface area contributed by atoms with Crippen LogP contribution in [0, 0.1) is 5.41 Å². The standard InChI is InChI=1S/C18H20BrCl/c1-18(11-5-2-6-12-18)17(20)15-9-10-16(19)14-8-4-3-7-13(14)15/h3-4,7-10,17H,2,5-6,11-12H2,1H3. The van der Waals surface area contributed by atoms with Crippen molar-refractivity contribution >= 4 is 38.3 Å². The summed E-state index contributed by atoms with van der Waals surface area (Å²) in [5.41, 5.74) is 1.52. The number of benzene rings is 2. The molecule has 20 heavy (non-hydrogen) atoms. The zero-order valence-electron chi connectivity index (χ0n) is 11.8. The SMILES string of the molecule is CC1(C(Cl)c2ccc(Br)c3ccccc23)CCCCC1. The molecule has 2 aromatic rings. The van der Waals surface area contributed by atoms with Gasteiger partial charge in [-0.15, -0.1) is 11.6 Å². The van der Waals surface area contributed by atoms with Crippen molar-refractivity contribution in [1.82, 2.24) is 0 Å². The Balaban J connectivity index is 2.08. The Morgan fingerprint density at radius 2 is 1.65 bits per heavy atom. The van der Waals surface area contributed by atoms with Crippen LogP contribution in [-0.4, -0.2) is 0 Å². The highest BCUT2D eigenvalue weighted by atomic mass is 79.9. The Kier molecular flexibility index (Phi) is 4.10. The number of alkyl halides is 1. The van der Waals surface area contributed by atoms with Gasteiger partial charge in [0.2, 0.25) is 0 Å². The molecule has 2 heteroatoms. The highest BCUT2D eigenvalue weighted by molar-refractivity contribution is 9.10. The largest absolute Gasteiger partial charge is 0.117 e. The van der Waals surface area contributed by atoms with Gasteiger partial charge in [-0.3, -0.25) is 0 Å². The average molecular weight is 352 g/mol. The molecule has 0 bridgehead atoms. The van der Waals surface area contributed by atoms with E-state index in [1.54, 1.807) is 0 Å². The second-order valence-corrected chi connectivity index (χ2v) is 7.55. The Bertz CT molecular complexity index is 614. The molecule has 0 aromatic heterocycles. The van der Waals surface area contributed by atoms with E-state index in [-0.39, 0.29) is 10.8 Å². The van der Waals surface area contributed by atoms with Crippen LogP contribution < -0.4 is 0 Å². The van der Waals surface area contributed by atoms with Crippen molar-refractivity contribution < 1.29 is 0 Å². The summed E-state index contributed by atoms with van der Waals surface area (Å²) in [5.74, 6) is 0. The molecule has 1 saturated carbocycles. The lowest BCUT2D eigenvalue weighted by atomic mass is 9.71. The quantitative estimate of drug-likeness (QED) is 0.519. The molecule has 0 saturated heterocycles. The minimum absolute atomic E-state index is 0.0980. The number of hydrogen-bond donors (Lipinski definition) is 0. The van der Waals surface area contributed by atoms with Crippen LogP contribution in [0.5, 0.6) is 0 Å². The first-order chi connectivity index (χ1) is 9.62. The third-order valence-electron chi connectivity index (χ3n) is 4.79. The smallest absolute Gasteiger partial charge is 0.0644 e. The van der Waals surface area contributed by atoms with Gasteiger partial charge in [-0.05, 0) is 40.7 Å². The summed E-state index contributed by atoms with van der Waals surface area (Å²) >= 11 is 10.6. The third-order valence-corrected chi connectivity index (χ3v) is 6.24. The Morgan fingerprint density at radius 1 is 1.00 bits per heavy atom. The van der Waals surface area contributed by atoms with Gasteiger partial charge < -0.3 is 0 Å². The first-order valence-corrected chi connectivity index (χ1v) is 8.66. The molecular weight excluding hydrogens is 332 g/mol. The lowest BCUT2D eigenvalue weighted by Gasteiger charge is -2.38. The first-order valence-electron chi connectivity index (χ1n) is 7.43. The molecule has 0 amide bonds. The van der Waals surface area contributed by atoms with E-state index < -0.39 is 0 Å². The van der Waals surface area contributed by atoms with Crippen molar-refractivity contribution in [3.8, 4) is 0 Å². The highest BCUT2D eigenvalue weighted by Gasteiger charge is 2.35. The van der Waals surface area contributed by atoms with E-state index >= 15 is 0 Å². The zero-order valence-corrected chi connectivity index (χ0v) is 14.2. The van der Waals surface area contributed by atoms with Gasteiger partial charge in [-0.1, -0.05) is 72.4 Å². The molecule has 1 atom stereocenters. The fourth-order valence-electron chi connectivity index (χ4n) is 3.49. The molecule has 0 nitrogen and oxygen atoms in total. The van der Waals surface area contributed by atoms with Crippen LogP contribution in [0.2, 0.25) is 0 Å². The van der Waals surface area contributed by atoms with Crippen LogP contribution in [0.15, 0.2) is 40.9 Å². The van der Waals surface area contributed by atoms with Gasteiger partial charge in [0.15, 0.2) is 0 Å². The van der Waals surface area contributed by atoms with Crippen LogP contribution in [0.4, 0.5) is 0 Å². The molecule has 0 radical (unpaired) electrons. The second-order valence-electron chi connectivity index (χ2n) is 6.26. The Hall–Kier alpha value is -0.530. The van der Waals surface area contributed by atoms with Crippen LogP contribution >= 0.6 is 27.5 Å². The minimum Gasteiger partial charge on any atom is -0.117 e. The van der Waals surface area contributed by atoms with E-state index in [1.165, 1.54) is 48.4 Å². The summed E-state index contributed by atoms with van der Waals surface area (Å²) in [6.07, 6.45) is 6.47. The first kappa shape index (κ1) is 14.4. The Labute approximate surface area is 134 Å². The van der Waals surface area contributed by atoms with E-state index in [0.717, 1.165) is 4.47 Å². The predicted molar refractivity (Wildman–Crippen MR) is 91.4 cm³/mol. The minimum atomic E-state index is 0.0980. The molecule has 2 aromatic carbocycles. The van der Waals surface area contributed by atoms with Crippen LogP contribution in [-0.2, 0) is 0 Å². The molecule has 1 unspecified atom stereocenters. The summed E-state index contributed by atoms with van der Waals surface area (Å²) in [6.45, 7) is 2.36. The van der Waals surface area contributed by atoms with E-state index in [9.17, 15) is 0 Å². The Morgan fingerprint density at radius 3 is 2.35 bits per heavy atom. The van der Waals surface area contributed by atoms with Crippen molar-refractivity contribution in [3.05, 3.63) is 46.4 Å². The van der Waals surface area contributed by atoms with Crippen molar-refractivity contribution in [2.45, 2.75) is 44.4 Å². The number of halogens is 2. The van der Waals surface area contributed by atoms with Gasteiger partial charge in [0, 0.05) is 4.47 Å². The van der Waals surface area contributed by atoms with Gasteiger partial charge in [-0.25, -0.2) is 0 Å². The maximum Gasteiger partial charge on any atom is 0.0644 e. The van der Waals surface area contributed by atoms with Gasteiger partial charge >= 0.3 is 0 Å². The fraction of sp³-hybridized carbons (Fsp3) is 0.444. The van der Waals surface area contributed by atoms with Crippen LogP contribution in [0.25, 0.3) is 10.8 Å². The van der Waals surface area contributed by atoms with Crippen molar-refractivity contribution in [1.29, 1.82) is 0 Å². The second kappa shape index (κ2) is 5.69. The molecule has 1 aliphatic rings. The molecule has 1 fully saturated rings. The lowest BCUT2D eigenvalue weighted by Crippen LogP contribution is -2.25. The van der Waals surface area contributed by atoms with E-state index in [4.69, 9.17) is 11.6 Å². The van der Waals surface area contributed by atoms with Gasteiger partial charge in [0.25, 0.3) is 0 Å². The monoisotopic (exact) mass is 350 g/mol. The normalized spacial score (nSPS) is 19.9. The number of fused-ring (bicyclic) bond motifs is 1. The van der Waals surface area contributed by atoms with Gasteiger partial charge in [0.1, 0.15) is 0 Å².